The van der Waals surface area contributed by atoms with Gasteiger partial charge in [0.2, 0.25) is 0 Å². The molecule has 1 aliphatic rings. The first-order valence-corrected chi connectivity index (χ1v) is 11.5. The highest BCUT2D eigenvalue weighted by molar-refractivity contribution is 6.02. The second kappa shape index (κ2) is 7.89. The van der Waals surface area contributed by atoms with Gasteiger partial charge in [0.15, 0.2) is 5.58 Å². The van der Waals surface area contributed by atoms with E-state index in [2.05, 4.69) is 77.1 Å². The number of aromatic nitrogens is 1. The molecule has 0 spiro atoms. The fraction of sp³-hybridized carbons (Fsp3) is 0. The number of ether oxygens (including phenoxy) is 1. The van der Waals surface area contributed by atoms with Gasteiger partial charge in [-0.1, -0.05) is 60.7 Å². The molecule has 4 nitrogen and oxygen atoms in total. The summed E-state index contributed by atoms with van der Waals surface area (Å²) in [7, 11) is 0. The lowest BCUT2D eigenvalue weighted by atomic mass is 9.99. The Morgan fingerprint density at radius 1 is 0.686 bits per heavy atom. The fourth-order valence-electron chi connectivity index (χ4n) is 4.66. The van der Waals surface area contributed by atoms with Crippen molar-refractivity contribution in [1.29, 1.82) is 0 Å². The Morgan fingerprint density at radius 2 is 1.54 bits per heavy atom. The maximum atomic E-state index is 6.29. The molecule has 0 saturated heterocycles. The molecule has 0 radical (unpaired) electrons. The summed E-state index contributed by atoms with van der Waals surface area (Å²) in [6.45, 7) is 0. The normalized spacial score (nSPS) is 12.1. The summed E-state index contributed by atoms with van der Waals surface area (Å²) in [6.07, 6.45) is 6.09. The van der Waals surface area contributed by atoms with Gasteiger partial charge in [-0.25, -0.2) is 0 Å². The van der Waals surface area contributed by atoms with E-state index in [1.807, 2.05) is 42.5 Å². The Labute approximate surface area is 202 Å². The first-order valence-electron chi connectivity index (χ1n) is 11.5. The molecule has 3 heterocycles. The van der Waals surface area contributed by atoms with Crippen molar-refractivity contribution in [1.82, 2.24) is 4.98 Å². The summed E-state index contributed by atoms with van der Waals surface area (Å²) in [6, 6.07) is 32.5. The van der Waals surface area contributed by atoms with E-state index in [0.717, 1.165) is 61.6 Å². The number of hydrogen-bond acceptors (Lipinski definition) is 4. The van der Waals surface area contributed by atoms with E-state index in [-0.39, 0.29) is 0 Å². The number of anilines is 2. The predicted molar refractivity (Wildman–Crippen MR) is 142 cm³/mol. The van der Waals surface area contributed by atoms with Gasteiger partial charge in [-0.05, 0) is 65.2 Å². The molecule has 1 aliphatic heterocycles. The molecule has 2 aromatic heterocycles. The van der Waals surface area contributed by atoms with E-state index in [1.165, 1.54) is 5.56 Å². The lowest BCUT2D eigenvalue weighted by Crippen LogP contribution is -1.96. The summed E-state index contributed by atoms with van der Waals surface area (Å²) in [5, 5.41) is 4.59. The third-order valence-electron chi connectivity index (χ3n) is 6.34. The molecule has 0 bridgehead atoms. The summed E-state index contributed by atoms with van der Waals surface area (Å²) < 4.78 is 12.2. The average Bonchev–Trinajstić information content (AvgIpc) is 3.15. The number of pyridine rings is 1. The molecule has 7 rings (SSSR count). The third-order valence-corrected chi connectivity index (χ3v) is 6.34. The van der Waals surface area contributed by atoms with Crippen LogP contribution in [0, 0.1) is 0 Å². The van der Waals surface area contributed by atoms with E-state index < -0.39 is 0 Å². The molecular formula is C31H20N2O2. The van der Waals surface area contributed by atoms with E-state index in [1.54, 1.807) is 6.20 Å². The maximum absolute atomic E-state index is 6.29. The van der Waals surface area contributed by atoms with Crippen molar-refractivity contribution in [3.63, 3.8) is 0 Å². The minimum absolute atomic E-state index is 0.741. The highest BCUT2D eigenvalue weighted by Crippen LogP contribution is 2.39. The van der Waals surface area contributed by atoms with Crippen LogP contribution < -0.4 is 10.1 Å². The predicted octanol–water partition coefficient (Wildman–Crippen LogP) is 8.67. The van der Waals surface area contributed by atoms with Gasteiger partial charge >= 0.3 is 0 Å². The summed E-state index contributed by atoms with van der Waals surface area (Å²) in [5.74, 6) is 1.51. The van der Waals surface area contributed by atoms with E-state index in [0.29, 0.717) is 0 Å². The van der Waals surface area contributed by atoms with Crippen LogP contribution >= 0.6 is 0 Å². The molecule has 0 unspecified atom stereocenters. The minimum atomic E-state index is 0.741. The van der Waals surface area contributed by atoms with Crippen LogP contribution in [0.15, 0.2) is 108 Å². The molecule has 0 aliphatic carbocycles. The lowest BCUT2D eigenvalue weighted by Gasteiger charge is -2.16. The number of fused-ring (bicyclic) bond motifs is 5. The SMILES string of the molecule is C1=Cc2cccc(-c3cccc(Oc4ccc5oc6cccnc6c5c4)c3)c2Nc2ccccc21. The van der Waals surface area contributed by atoms with Crippen LogP contribution in [-0.2, 0) is 0 Å². The van der Waals surface area contributed by atoms with Crippen molar-refractivity contribution in [2.75, 3.05) is 5.32 Å². The van der Waals surface area contributed by atoms with Crippen molar-refractivity contribution in [2.45, 2.75) is 0 Å². The largest absolute Gasteiger partial charge is 0.457 e. The van der Waals surface area contributed by atoms with Crippen LogP contribution in [0.5, 0.6) is 11.5 Å². The second-order valence-corrected chi connectivity index (χ2v) is 8.56. The van der Waals surface area contributed by atoms with Crippen molar-refractivity contribution in [3.8, 4) is 22.6 Å². The highest BCUT2D eigenvalue weighted by Gasteiger charge is 2.14. The quantitative estimate of drug-likeness (QED) is 0.291. The Morgan fingerprint density at radius 3 is 2.54 bits per heavy atom. The number of nitrogens with one attached hydrogen (secondary N) is 1. The Kier molecular flexibility index (Phi) is 4.42. The first-order chi connectivity index (χ1) is 17.3. The molecule has 1 N–H and O–H groups in total. The second-order valence-electron chi connectivity index (χ2n) is 8.56. The van der Waals surface area contributed by atoms with Crippen LogP contribution in [0.25, 0.3) is 45.3 Å². The topological polar surface area (TPSA) is 47.3 Å². The molecule has 35 heavy (non-hydrogen) atoms. The minimum Gasteiger partial charge on any atom is -0.457 e. The zero-order valence-electron chi connectivity index (χ0n) is 18.7. The molecular weight excluding hydrogens is 432 g/mol. The number of benzene rings is 4. The van der Waals surface area contributed by atoms with E-state index >= 15 is 0 Å². The van der Waals surface area contributed by atoms with Gasteiger partial charge in [-0.15, -0.1) is 0 Å². The summed E-state index contributed by atoms with van der Waals surface area (Å²) in [4.78, 5) is 4.47. The summed E-state index contributed by atoms with van der Waals surface area (Å²) in [5.41, 5.74) is 9.11. The number of para-hydroxylation sites is 2. The Balaban J connectivity index is 1.26. The number of rotatable bonds is 3. The first kappa shape index (κ1) is 19.6. The highest BCUT2D eigenvalue weighted by atomic mass is 16.5. The van der Waals surface area contributed by atoms with Crippen LogP contribution in [0.1, 0.15) is 11.1 Å². The van der Waals surface area contributed by atoms with Gasteiger partial charge in [0.1, 0.15) is 22.6 Å². The van der Waals surface area contributed by atoms with Crippen molar-refractivity contribution in [3.05, 3.63) is 114 Å². The van der Waals surface area contributed by atoms with Gasteiger partial charge in [0, 0.05) is 17.4 Å². The van der Waals surface area contributed by atoms with Gasteiger partial charge in [-0.3, -0.25) is 4.98 Å². The average molecular weight is 453 g/mol. The van der Waals surface area contributed by atoms with Crippen LogP contribution in [0.2, 0.25) is 0 Å². The maximum Gasteiger partial charge on any atom is 0.153 e. The van der Waals surface area contributed by atoms with Gasteiger partial charge in [-0.2, -0.15) is 0 Å². The van der Waals surface area contributed by atoms with Crippen LogP contribution in [0.3, 0.4) is 0 Å². The number of furan rings is 1. The van der Waals surface area contributed by atoms with Crippen molar-refractivity contribution in [2.24, 2.45) is 0 Å². The van der Waals surface area contributed by atoms with Crippen molar-refractivity contribution >= 4 is 45.6 Å². The van der Waals surface area contributed by atoms with Gasteiger partial charge in [0.25, 0.3) is 0 Å². The number of nitrogens with zero attached hydrogens (tertiary/aromatic N) is 1. The monoisotopic (exact) mass is 452 g/mol. The molecule has 0 amide bonds. The molecule has 166 valence electrons. The number of hydrogen-bond donors (Lipinski definition) is 1. The summed E-state index contributed by atoms with van der Waals surface area (Å²) >= 11 is 0. The third kappa shape index (κ3) is 3.44. The zero-order valence-corrected chi connectivity index (χ0v) is 18.7. The smallest absolute Gasteiger partial charge is 0.153 e. The lowest BCUT2D eigenvalue weighted by molar-refractivity contribution is 0.483. The fourth-order valence-corrected chi connectivity index (χ4v) is 4.66. The van der Waals surface area contributed by atoms with Crippen LogP contribution in [0.4, 0.5) is 11.4 Å². The molecule has 0 atom stereocenters. The zero-order chi connectivity index (χ0) is 23.2. The van der Waals surface area contributed by atoms with Gasteiger partial charge < -0.3 is 14.5 Å². The molecule has 6 aromatic rings. The Hall–Kier alpha value is -4.83. The molecule has 0 fully saturated rings. The van der Waals surface area contributed by atoms with Crippen LogP contribution in [-0.4, -0.2) is 4.98 Å². The molecule has 4 heteroatoms. The van der Waals surface area contributed by atoms with E-state index in [9.17, 15) is 0 Å². The van der Waals surface area contributed by atoms with Crippen molar-refractivity contribution < 1.29 is 9.15 Å². The van der Waals surface area contributed by atoms with Gasteiger partial charge in [0.05, 0.1) is 11.1 Å². The molecule has 4 aromatic carbocycles. The Bertz CT molecular complexity index is 1760. The van der Waals surface area contributed by atoms with E-state index in [4.69, 9.17) is 9.15 Å². The standard InChI is InChI=1S/C31H20N2O2/c1-2-11-27-20(6-1)13-14-21-7-4-10-25(30(21)33-27)22-8-3-9-23(18-22)34-24-15-16-28-26(19-24)31-29(35-28)12-5-17-32-31/h1-19,33H. The molecule has 0 saturated carbocycles.